The van der Waals surface area contributed by atoms with Crippen molar-refractivity contribution < 1.29 is 12.8 Å². The van der Waals surface area contributed by atoms with Crippen LogP contribution in [0, 0.1) is 5.92 Å². The molecular formula is C11H18N2O3S. The molecule has 0 aliphatic heterocycles. The second-order valence-electron chi connectivity index (χ2n) is 4.56. The van der Waals surface area contributed by atoms with Gasteiger partial charge in [0.1, 0.15) is 5.76 Å². The van der Waals surface area contributed by atoms with E-state index in [0.29, 0.717) is 11.7 Å². The van der Waals surface area contributed by atoms with Gasteiger partial charge in [-0.05, 0) is 30.9 Å². The molecule has 1 aromatic rings. The highest BCUT2D eigenvalue weighted by Crippen LogP contribution is 2.26. The third-order valence-electron chi connectivity index (χ3n) is 3.27. The maximum Gasteiger partial charge on any atom is 0.274 e. The van der Waals surface area contributed by atoms with Gasteiger partial charge >= 0.3 is 0 Å². The highest BCUT2D eigenvalue weighted by Gasteiger charge is 2.29. The van der Waals surface area contributed by atoms with Crippen LogP contribution in [0.3, 0.4) is 0 Å². The Balaban J connectivity index is 2.13. The van der Waals surface area contributed by atoms with E-state index in [1.54, 1.807) is 6.07 Å². The van der Waals surface area contributed by atoms with E-state index in [0.717, 1.165) is 19.3 Å². The van der Waals surface area contributed by atoms with Gasteiger partial charge in [0.05, 0.1) is 6.54 Å². The quantitative estimate of drug-likeness (QED) is 0.850. The van der Waals surface area contributed by atoms with Gasteiger partial charge in [0.25, 0.3) is 10.0 Å². The molecule has 5 nitrogen and oxygen atoms in total. The Morgan fingerprint density at radius 1 is 1.47 bits per heavy atom. The van der Waals surface area contributed by atoms with E-state index in [2.05, 4.69) is 11.6 Å². The summed E-state index contributed by atoms with van der Waals surface area (Å²) in [5.41, 5.74) is 5.38. The molecule has 96 valence electrons. The molecule has 1 fully saturated rings. The first-order valence-electron chi connectivity index (χ1n) is 5.84. The predicted molar refractivity (Wildman–Crippen MR) is 63.7 cm³/mol. The van der Waals surface area contributed by atoms with Crippen LogP contribution in [-0.4, -0.2) is 14.5 Å². The molecule has 3 N–H and O–H groups in total. The average molecular weight is 258 g/mol. The van der Waals surface area contributed by atoms with Gasteiger partial charge in [0.15, 0.2) is 0 Å². The molecule has 1 saturated carbocycles. The molecule has 2 rings (SSSR count). The van der Waals surface area contributed by atoms with Gasteiger partial charge in [-0.1, -0.05) is 13.3 Å². The monoisotopic (exact) mass is 258 g/mol. The molecule has 0 bridgehead atoms. The van der Waals surface area contributed by atoms with Gasteiger partial charge in [-0.3, -0.25) is 0 Å². The van der Waals surface area contributed by atoms with E-state index in [-0.39, 0.29) is 17.7 Å². The van der Waals surface area contributed by atoms with Crippen LogP contribution in [0.15, 0.2) is 21.6 Å². The van der Waals surface area contributed by atoms with Gasteiger partial charge < -0.3 is 10.2 Å². The summed E-state index contributed by atoms with van der Waals surface area (Å²) < 4.78 is 31.9. The van der Waals surface area contributed by atoms with E-state index in [9.17, 15) is 8.42 Å². The van der Waals surface area contributed by atoms with Crippen LogP contribution in [-0.2, 0) is 16.6 Å². The van der Waals surface area contributed by atoms with Crippen molar-refractivity contribution in [1.82, 2.24) is 4.72 Å². The summed E-state index contributed by atoms with van der Waals surface area (Å²) >= 11 is 0. The summed E-state index contributed by atoms with van der Waals surface area (Å²) in [4.78, 5) is 0. The van der Waals surface area contributed by atoms with E-state index in [4.69, 9.17) is 10.2 Å². The number of rotatable bonds is 4. The topological polar surface area (TPSA) is 85.3 Å². The Labute approximate surface area is 101 Å². The molecule has 1 aliphatic carbocycles. The maximum atomic E-state index is 12.0. The van der Waals surface area contributed by atoms with Crippen LogP contribution in [0.4, 0.5) is 0 Å². The summed E-state index contributed by atoms with van der Waals surface area (Å²) in [7, 11) is -3.54. The normalized spacial score (nSPS) is 25.3. The Kier molecular flexibility index (Phi) is 3.56. The second kappa shape index (κ2) is 4.80. The van der Waals surface area contributed by atoms with E-state index >= 15 is 0 Å². The molecule has 0 amide bonds. The lowest BCUT2D eigenvalue weighted by Gasteiger charge is -2.16. The minimum absolute atomic E-state index is 0.0198. The average Bonchev–Trinajstić information content (AvgIpc) is 2.88. The van der Waals surface area contributed by atoms with Crippen LogP contribution < -0.4 is 10.5 Å². The lowest BCUT2D eigenvalue weighted by molar-refractivity contribution is 0.404. The summed E-state index contributed by atoms with van der Waals surface area (Å²) in [5.74, 6) is 0.860. The number of nitrogens with two attached hydrogens (primary N) is 1. The molecular weight excluding hydrogens is 240 g/mol. The SMILES string of the molecule is CC1CCCC1NS(=O)(=O)c1ccc(CN)o1. The zero-order chi connectivity index (χ0) is 12.5. The van der Waals surface area contributed by atoms with E-state index in [1.807, 2.05) is 0 Å². The molecule has 0 radical (unpaired) electrons. The number of furan rings is 1. The Morgan fingerprint density at radius 2 is 2.24 bits per heavy atom. The lowest BCUT2D eigenvalue weighted by Crippen LogP contribution is -2.36. The minimum Gasteiger partial charge on any atom is -0.447 e. The summed E-state index contributed by atoms with van der Waals surface area (Å²) in [6, 6.07) is 3.06. The van der Waals surface area contributed by atoms with Crippen molar-refractivity contribution in [2.75, 3.05) is 0 Å². The van der Waals surface area contributed by atoms with E-state index in [1.165, 1.54) is 6.07 Å². The molecule has 0 spiro atoms. The van der Waals surface area contributed by atoms with Crippen molar-refractivity contribution in [1.29, 1.82) is 0 Å². The van der Waals surface area contributed by atoms with Crippen LogP contribution in [0.1, 0.15) is 31.9 Å². The van der Waals surface area contributed by atoms with Crippen LogP contribution >= 0.6 is 0 Å². The van der Waals surface area contributed by atoms with Gasteiger partial charge in [-0.25, -0.2) is 13.1 Å². The largest absolute Gasteiger partial charge is 0.447 e. The van der Waals surface area contributed by atoms with Crippen molar-refractivity contribution in [3.8, 4) is 0 Å². The lowest BCUT2D eigenvalue weighted by atomic mass is 10.1. The Morgan fingerprint density at radius 3 is 2.76 bits per heavy atom. The first-order valence-corrected chi connectivity index (χ1v) is 7.32. The molecule has 0 aromatic carbocycles. The molecule has 2 unspecified atom stereocenters. The van der Waals surface area contributed by atoms with Gasteiger partial charge in [-0.15, -0.1) is 0 Å². The Hall–Kier alpha value is -0.850. The standard InChI is InChI=1S/C11H18N2O3S/c1-8-3-2-4-10(8)13-17(14,15)11-6-5-9(7-12)16-11/h5-6,8,10,13H,2-4,7,12H2,1H3. The first-order chi connectivity index (χ1) is 8.03. The molecule has 0 saturated heterocycles. The fraction of sp³-hybridized carbons (Fsp3) is 0.636. The second-order valence-corrected chi connectivity index (χ2v) is 6.21. The minimum atomic E-state index is -3.54. The highest BCUT2D eigenvalue weighted by atomic mass is 32.2. The van der Waals surface area contributed by atoms with Crippen molar-refractivity contribution in [3.05, 3.63) is 17.9 Å². The van der Waals surface area contributed by atoms with Gasteiger partial charge in [0, 0.05) is 6.04 Å². The number of hydrogen-bond donors (Lipinski definition) is 2. The summed E-state index contributed by atoms with van der Waals surface area (Å²) in [5, 5.41) is -0.0444. The highest BCUT2D eigenvalue weighted by molar-refractivity contribution is 7.89. The fourth-order valence-electron chi connectivity index (χ4n) is 2.19. The molecule has 1 aliphatic rings. The Bertz CT molecular complexity index is 481. The smallest absolute Gasteiger partial charge is 0.274 e. The molecule has 17 heavy (non-hydrogen) atoms. The van der Waals surface area contributed by atoms with Crippen LogP contribution in [0.2, 0.25) is 0 Å². The van der Waals surface area contributed by atoms with E-state index < -0.39 is 10.0 Å². The zero-order valence-electron chi connectivity index (χ0n) is 9.85. The van der Waals surface area contributed by atoms with Crippen molar-refractivity contribution in [3.63, 3.8) is 0 Å². The van der Waals surface area contributed by atoms with Crippen LogP contribution in [0.5, 0.6) is 0 Å². The van der Waals surface area contributed by atoms with Crippen molar-refractivity contribution >= 4 is 10.0 Å². The maximum absolute atomic E-state index is 12.0. The van der Waals surface area contributed by atoms with Crippen molar-refractivity contribution in [2.24, 2.45) is 11.7 Å². The molecule has 1 aromatic heterocycles. The number of hydrogen-bond acceptors (Lipinski definition) is 4. The molecule has 2 atom stereocenters. The third-order valence-corrected chi connectivity index (χ3v) is 4.63. The van der Waals surface area contributed by atoms with Crippen molar-refractivity contribution in [2.45, 2.75) is 43.9 Å². The number of sulfonamides is 1. The molecule has 6 heteroatoms. The first kappa shape index (κ1) is 12.6. The molecule has 1 heterocycles. The van der Waals surface area contributed by atoms with Gasteiger partial charge in [-0.2, -0.15) is 0 Å². The van der Waals surface area contributed by atoms with Gasteiger partial charge in [0.2, 0.25) is 5.09 Å². The third kappa shape index (κ3) is 2.70. The fourth-order valence-corrected chi connectivity index (χ4v) is 3.52. The summed E-state index contributed by atoms with van der Waals surface area (Å²) in [6.07, 6.45) is 3.03. The summed E-state index contributed by atoms with van der Waals surface area (Å²) in [6.45, 7) is 2.27. The predicted octanol–water partition coefficient (Wildman–Crippen LogP) is 1.21. The number of nitrogens with one attached hydrogen (secondary N) is 1. The zero-order valence-corrected chi connectivity index (χ0v) is 10.7. The van der Waals surface area contributed by atoms with Crippen LogP contribution in [0.25, 0.3) is 0 Å².